The second-order valence-electron chi connectivity index (χ2n) is 11.5. The molecule has 2 fully saturated rings. The molecule has 1 aromatic carbocycles. The van der Waals surface area contributed by atoms with Gasteiger partial charge in [0.1, 0.15) is 12.1 Å². The van der Waals surface area contributed by atoms with E-state index in [4.69, 9.17) is 20.3 Å². The number of halogens is 2. The third-order valence-electron chi connectivity index (χ3n) is 9.03. The molecule has 2 atom stereocenters. The lowest BCUT2D eigenvalue weighted by molar-refractivity contribution is -0.147. The summed E-state index contributed by atoms with van der Waals surface area (Å²) in [4.78, 5) is 43.7. The van der Waals surface area contributed by atoms with Crippen LogP contribution in [0.3, 0.4) is 0 Å². The maximum atomic E-state index is 14.2. The highest BCUT2D eigenvalue weighted by atomic mass is 19.2. The van der Waals surface area contributed by atoms with Gasteiger partial charge in [0, 0.05) is 44.7 Å². The van der Waals surface area contributed by atoms with E-state index in [0.717, 1.165) is 44.2 Å². The highest BCUT2D eigenvalue weighted by Crippen LogP contribution is 2.38. The predicted molar refractivity (Wildman–Crippen MR) is 155 cm³/mol. The molecule has 4 N–H and O–H groups in total. The van der Waals surface area contributed by atoms with Crippen LogP contribution in [0.25, 0.3) is 10.9 Å². The average molecular weight is 608 g/mol. The van der Waals surface area contributed by atoms with Crippen LogP contribution in [0.15, 0.2) is 12.1 Å². The number of fused-ring (bicyclic) bond motifs is 1. The Morgan fingerprint density at radius 3 is 2.28 bits per heavy atom. The van der Waals surface area contributed by atoms with Crippen LogP contribution in [0.5, 0.6) is 5.75 Å². The second-order valence-corrected chi connectivity index (χ2v) is 11.5. The number of ether oxygens (including phenoxy) is 2. The van der Waals surface area contributed by atoms with Gasteiger partial charge in [0.25, 0.3) is 5.91 Å². The summed E-state index contributed by atoms with van der Waals surface area (Å²) < 4.78 is 41.0. The zero-order valence-corrected chi connectivity index (χ0v) is 25.2. The van der Waals surface area contributed by atoms with Crippen molar-refractivity contribution in [2.45, 2.75) is 44.6 Å². The number of hydrogen-bond donors (Lipinski definition) is 3. The quantitative estimate of drug-likeness (QED) is 0.313. The number of rotatable bonds is 12. The van der Waals surface area contributed by atoms with Crippen LogP contribution in [0.1, 0.15) is 49.5 Å². The number of nitrogens with zero attached hydrogens (tertiary/aromatic N) is 3. The molecule has 1 saturated heterocycles. The van der Waals surface area contributed by atoms with E-state index < -0.39 is 34.9 Å². The molecule has 11 nitrogen and oxygen atoms in total. The molecule has 1 aliphatic carbocycles. The van der Waals surface area contributed by atoms with Crippen molar-refractivity contribution in [1.82, 2.24) is 19.7 Å². The van der Waals surface area contributed by atoms with Crippen molar-refractivity contribution in [2.24, 2.45) is 24.6 Å². The van der Waals surface area contributed by atoms with Crippen molar-refractivity contribution in [3.8, 4) is 5.75 Å². The summed E-state index contributed by atoms with van der Waals surface area (Å²) in [5, 5.41) is 12.2. The predicted octanol–water partition coefficient (Wildman–Crippen LogP) is 1.79. The van der Waals surface area contributed by atoms with Crippen LogP contribution in [-0.2, 0) is 21.4 Å². The van der Waals surface area contributed by atoms with Crippen LogP contribution in [-0.4, -0.2) is 102 Å². The summed E-state index contributed by atoms with van der Waals surface area (Å²) in [5.41, 5.74) is 5.01. The second kappa shape index (κ2) is 14.0. The molecule has 1 aromatic heterocycles. The summed E-state index contributed by atoms with van der Waals surface area (Å²) in [5.74, 6) is -3.76. The van der Waals surface area contributed by atoms with E-state index in [1.165, 1.54) is 4.57 Å². The Bertz CT molecular complexity index is 1320. The molecule has 1 saturated carbocycles. The molecule has 2 heterocycles. The van der Waals surface area contributed by atoms with E-state index in [-0.39, 0.29) is 86.8 Å². The first-order chi connectivity index (χ1) is 20.5. The molecule has 238 valence electrons. The number of amides is 3. The van der Waals surface area contributed by atoms with Crippen molar-refractivity contribution < 1.29 is 37.7 Å². The first-order valence-corrected chi connectivity index (χ1v) is 14.9. The highest BCUT2D eigenvalue weighted by molar-refractivity contribution is 6.04. The zero-order chi connectivity index (χ0) is 31.3. The Labute approximate surface area is 250 Å². The van der Waals surface area contributed by atoms with Gasteiger partial charge in [-0.25, -0.2) is 8.78 Å². The Kier molecular flexibility index (Phi) is 10.6. The van der Waals surface area contributed by atoms with E-state index in [0.29, 0.717) is 0 Å². The number of primary amides is 1. The molecular weight excluding hydrogens is 564 g/mol. The van der Waals surface area contributed by atoms with Gasteiger partial charge in [-0.15, -0.1) is 0 Å². The Hall–Kier alpha value is -3.29. The summed E-state index contributed by atoms with van der Waals surface area (Å²) in [6, 6.07) is 2.03. The molecule has 0 radical (unpaired) electrons. The fraction of sp³-hybridized carbons (Fsp3) is 0.633. The number of piperazine rings is 1. The number of aromatic nitrogens is 1. The number of benzene rings is 1. The van der Waals surface area contributed by atoms with E-state index in [9.17, 15) is 23.2 Å². The molecule has 2 aliphatic rings. The molecule has 2 aromatic rings. The number of hydrogen-bond acceptors (Lipinski definition) is 7. The van der Waals surface area contributed by atoms with Crippen molar-refractivity contribution in [3.63, 3.8) is 0 Å². The van der Waals surface area contributed by atoms with Crippen molar-refractivity contribution >= 4 is 28.6 Å². The minimum Gasteiger partial charge on any atom is -0.488 e. The number of aliphatic hydroxyl groups is 1. The molecular formula is C30H43F2N5O6. The van der Waals surface area contributed by atoms with E-state index in [1.807, 2.05) is 0 Å². The van der Waals surface area contributed by atoms with Gasteiger partial charge >= 0.3 is 0 Å². The van der Waals surface area contributed by atoms with Crippen LogP contribution >= 0.6 is 0 Å². The van der Waals surface area contributed by atoms with Crippen molar-refractivity contribution in [2.75, 3.05) is 59.7 Å². The Morgan fingerprint density at radius 2 is 1.67 bits per heavy atom. The monoisotopic (exact) mass is 607 g/mol. The summed E-state index contributed by atoms with van der Waals surface area (Å²) in [6.07, 6.45) is 4.77. The van der Waals surface area contributed by atoms with Gasteiger partial charge in [0.15, 0.2) is 23.1 Å². The fourth-order valence-electron chi connectivity index (χ4n) is 6.45. The van der Waals surface area contributed by atoms with Gasteiger partial charge < -0.3 is 40.0 Å². The van der Waals surface area contributed by atoms with Crippen molar-refractivity contribution in [3.05, 3.63) is 29.5 Å². The number of carbonyl (C=O) groups is 3. The van der Waals surface area contributed by atoms with Crippen LogP contribution in [0, 0.1) is 23.5 Å². The smallest absolute Gasteiger partial charge is 0.274 e. The van der Waals surface area contributed by atoms with Gasteiger partial charge in [-0.1, -0.05) is 19.3 Å². The van der Waals surface area contributed by atoms with Gasteiger partial charge in [0.05, 0.1) is 31.3 Å². The molecule has 1 unspecified atom stereocenters. The lowest BCUT2D eigenvalue weighted by Crippen LogP contribution is -2.64. The van der Waals surface area contributed by atoms with Gasteiger partial charge in [-0.05, 0) is 38.8 Å². The third-order valence-corrected chi connectivity index (χ3v) is 9.03. The number of nitrogens with two attached hydrogens (primary N) is 1. The Morgan fingerprint density at radius 1 is 1.05 bits per heavy atom. The maximum absolute atomic E-state index is 14.2. The number of aryl methyl sites for hydroxylation is 1. The molecule has 1 aliphatic heterocycles. The minimum absolute atomic E-state index is 0.0171. The normalized spacial score (nSPS) is 18.5. The van der Waals surface area contributed by atoms with Gasteiger partial charge in [-0.2, -0.15) is 0 Å². The largest absolute Gasteiger partial charge is 0.488 e. The molecule has 0 spiro atoms. The molecule has 3 amide bonds. The summed E-state index contributed by atoms with van der Waals surface area (Å²) in [6.45, 7) is 2.73. The molecule has 4 rings (SSSR count). The Balaban J connectivity index is 1.55. The molecule has 13 heteroatoms. The number of carbonyl (C=O) groups excluding carboxylic acids is 3. The van der Waals surface area contributed by atoms with E-state index >= 15 is 0 Å². The first-order valence-electron chi connectivity index (χ1n) is 14.9. The topological polar surface area (TPSA) is 139 Å². The van der Waals surface area contributed by atoms with E-state index in [1.54, 1.807) is 30.8 Å². The zero-order valence-electron chi connectivity index (χ0n) is 25.2. The highest BCUT2D eigenvalue weighted by Gasteiger charge is 2.49. The standard InChI is InChI=1S/C30H43F2N5O6/c1-30(34-2,29(33)41)24(19-7-5-4-6-8-19)27(39)36-9-11-37(12-10-36)28(40)25-26(43-16-15-42-14-13-38)20-17-21(31)22(32)18-23(20)35(25)3/h17-19,24,34,38H,4-16H2,1-3H3,(H2,33,41)/t24-,30?/m1/s1. The van der Waals surface area contributed by atoms with E-state index in [2.05, 4.69) is 5.32 Å². The summed E-state index contributed by atoms with van der Waals surface area (Å²) >= 11 is 0. The van der Waals surface area contributed by atoms with Crippen LogP contribution in [0.2, 0.25) is 0 Å². The fourth-order valence-corrected chi connectivity index (χ4v) is 6.45. The lowest BCUT2D eigenvalue weighted by Gasteiger charge is -2.44. The first kappa shape index (κ1) is 32.6. The van der Waals surface area contributed by atoms with Crippen LogP contribution < -0.4 is 15.8 Å². The summed E-state index contributed by atoms with van der Waals surface area (Å²) in [7, 11) is 3.23. The number of likely N-dealkylation sites (N-methyl/N-ethyl adjacent to an activating group) is 1. The third kappa shape index (κ3) is 6.63. The average Bonchev–Trinajstić information content (AvgIpc) is 3.27. The van der Waals surface area contributed by atoms with Crippen LogP contribution in [0.4, 0.5) is 8.78 Å². The van der Waals surface area contributed by atoms with Gasteiger partial charge in [-0.3, -0.25) is 14.4 Å². The SMILES string of the molecule is CNC(C)(C(N)=O)[C@@H](C(=O)N1CCN(C(=O)c2c(OCCOCCO)c3cc(F)c(F)cc3n2C)CC1)C1CCCCC1. The van der Waals surface area contributed by atoms with Gasteiger partial charge in [0.2, 0.25) is 11.8 Å². The molecule has 43 heavy (non-hydrogen) atoms. The van der Waals surface area contributed by atoms with Crippen molar-refractivity contribution in [1.29, 1.82) is 0 Å². The molecule has 0 bridgehead atoms. The maximum Gasteiger partial charge on any atom is 0.274 e. The number of nitrogens with one attached hydrogen (secondary N) is 1. The lowest BCUT2D eigenvalue weighted by atomic mass is 9.69. The number of aliphatic hydroxyl groups excluding tert-OH is 1. The minimum atomic E-state index is -1.22.